The molecule has 2 heterocycles. The smallest absolute Gasteiger partial charge is 0.269 e. The first-order chi connectivity index (χ1) is 12.0. The van der Waals surface area contributed by atoms with Gasteiger partial charge in [0.15, 0.2) is 0 Å². The molecule has 1 aromatic carbocycles. The first-order valence-electron chi connectivity index (χ1n) is 8.28. The molecule has 130 valence electrons. The molecule has 0 unspecified atom stereocenters. The van der Waals surface area contributed by atoms with Gasteiger partial charge in [-0.3, -0.25) is 19.8 Å². The number of nitro groups is 1. The number of halogens is 1. The molecule has 1 fully saturated rings. The van der Waals surface area contributed by atoms with Gasteiger partial charge in [0.25, 0.3) is 11.2 Å². The lowest BCUT2D eigenvalue weighted by Gasteiger charge is -2.28. The standard InChI is InChI=1S/C17H17ClN4O3/c18-14-4-3-12(22(24)25)7-11(14)8-21-6-5-13-15(9-21)19-16(10-1-2-10)20-17(13)23/h3-4,7,10H,1-2,5-6,8-9H2,(H,19,20,23). The van der Waals surface area contributed by atoms with Crippen molar-refractivity contribution in [1.29, 1.82) is 0 Å². The van der Waals surface area contributed by atoms with Crippen LogP contribution in [-0.2, 0) is 19.5 Å². The van der Waals surface area contributed by atoms with E-state index in [-0.39, 0.29) is 11.2 Å². The zero-order valence-electron chi connectivity index (χ0n) is 13.5. The third kappa shape index (κ3) is 3.29. The lowest BCUT2D eigenvalue weighted by Crippen LogP contribution is -2.35. The minimum atomic E-state index is -0.422. The highest BCUT2D eigenvalue weighted by Gasteiger charge is 2.29. The van der Waals surface area contributed by atoms with E-state index in [0.717, 1.165) is 29.9 Å². The van der Waals surface area contributed by atoms with Crippen molar-refractivity contribution in [3.63, 3.8) is 0 Å². The van der Waals surface area contributed by atoms with E-state index < -0.39 is 4.92 Å². The maximum Gasteiger partial charge on any atom is 0.269 e. The molecule has 1 aliphatic carbocycles. The molecule has 0 saturated heterocycles. The van der Waals surface area contributed by atoms with Crippen LogP contribution in [0.2, 0.25) is 5.02 Å². The Morgan fingerprint density at radius 1 is 1.40 bits per heavy atom. The van der Waals surface area contributed by atoms with Gasteiger partial charge >= 0.3 is 0 Å². The number of aromatic nitrogens is 2. The zero-order chi connectivity index (χ0) is 17.6. The summed E-state index contributed by atoms with van der Waals surface area (Å²) < 4.78 is 0. The highest BCUT2D eigenvalue weighted by atomic mass is 35.5. The Kier molecular flexibility index (Phi) is 4.05. The minimum absolute atomic E-state index is 0.0278. The first kappa shape index (κ1) is 16.2. The van der Waals surface area contributed by atoms with Crippen LogP contribution in [0, 0.1) is 10.1 Å². The number of benzene rings is 1. The topological polar surface area (TPSA) is 92.1 Å². The van der Waals surface area contributed by atoms with Crippen LogP contribution in [0.5, 0.6) is 0 Å². The number of hydrogen-bond acceptors (Lipinski definition) is 5. The van der Waals surface area contributed by atoms with Gasteiger partial charge in [0.1, 0.15) is 5.82 Å². The largest absolute Gasteiger partial charge is 0.310 e. The van der Waals surface area contributed by atoms with Crippen LogP contribution in [-0.4, -0.2) is 26.3 Å². The van der Waals surface area contributed by atoms with Gasteiger partial charge in [-0.25, -0.2) is 4.98 Å². The summed E-state index contributed by atoms with van der Waals surface area (Å²) in [4.78, 5) is 32.5. The van der Waals surface area contributed by atoms with Crippen LogP contribution in [0.15, 0.2) is 23.0 Å². The third-order valence-electron chi connectivity index (χ3n) is 4.77. The number of rotatable bonds is 4. The van der Waals surface area contributed by atoms with Crippen molar-refractivity contribution in [3.05, 3.63) is 66.3 Å². The van der Waals surface area contributed by atoms with Crippen LogP contribution < -0.4 is 5.56 Å². The van der Waals surface area contributed by atoms with Crippen molar-refractivity contribution < 1.29 is 4.92 Å². The Hall–Kier alpha value is -2.25. The summed E-state index contributed by atoms with van der Waals surface area (Å²) in [5.41, 5.74) is 2.29. The number of aromatic amines is 1. The summed E-state index contributed by atoms with van der Waals surface area (Å²) in [6.07, 6.45) is 2.78. The predicted molar refractivity (Wildman–Crippen MR) is 92.8 cm³/mol. The summed E-state index contributed by atoms with van der Waals surface area (Å²) >= 11 is 6.20. The van der Waals surface area contributed by atoms with E-state index >= 15 is 0 Å². The average molecular weight is 361 g/mol. The fourth-order valence-corrected chi connectivity index (χ4v) is 3.41. The molecule has 25 heavy (non-hydrogen) atoms. The first-order valence-corrected chi connectivity index (χ1v) is 8.66. The lowest BCUT2D eigenvalue weighted by molar-refractivity contribution is -0.384. The van der Waals surface area contributed by atoms with Crippen LogP contribution in [0.1, 0.15) is 41.4 Å². The molecule has 2 aromatic rings. The number of nitro benzene ring substituents is 1. The fraction of sp³-hybridized carbons (Fsp3) is 0.412. The molecular weight excluding hydrogens is 344 g/mol. The Morgan fingerprint density at radius 2 is 2.20 bits per heavy atom. The molecular formula is C17H17ClN4O3. The molecule has 1 aliphatic heterocycles. The number of hydrogen-bond donors (Lipinski definition) is 1. The summed E-state index contributed by atoms with van der Waals surface area (Å²) in [7, 11) is 0. The summed E-state index contributed by atoms with van der Waals surface area (Å²) in [6, 6.07) is 4.47. The second kappa shape index (κ2) is 6.24. The van der Waals surface area contributed by atoms with E-state index in [1.165, 1.54) is 12.1 Å². The average Bonchev–Trinajstić information content (AvgIpc) is 3.41. The summed E-state index contributed by atoms with van der Waals surface area (Å²) in [6.45, 7) is 1.74. The number of nitrogens with zero attached hydrogens (tertiary/aromatic N) is 3. The van der Waals surface area contributed by atoms with Crippen LogP contribution in [0.3, 0.4) is 0 Å². The van der Waals surface area contributed by atoms with Crippen LogP contribution >= 0.6 is 11.6 Å². The molecule has 0 spiro atoms. The Morgan fingerprint density at radius 3 is 2.92 bits per heavy atom. The van der Waals surface area contributed by atoms with Crippen molar-refractivity contribution in [1.82, 2.24) is 14.9 Å². The number of nitrogens with one attached hydrogen (secondary N) is 1. The summed E-state index contributed by atoms with van der Waals surface area (Å²) in [5, 5.41) is 11.5. The lowest BCUT2D eigenvalue weighted by atomic mass is 10.1. The molecule has 4 rings (SSSR count). The van der Waals surface area contributed by atoms with Gasteiger partial charge in [0.05, 0.1) is 10.6 Å². The number of non-ortho nitro benzene ring substituents is 1. The SMILES string of the molecule is O=c1[nH]c(C2CC2)nc2c1CCN(Cc1cc([N+](=O)[O-])ccc1Cl)C2. The van der Waals surface area contributed by atoms with Gasteiger partial charge in [0, 0.05) is 48.3 Å². The second-order valence-corrected chi connectivity index (χ2v) is 7.05. The predicted octanol–water partition coefficient (Wildman–Crippen LogP) is 2.77. The van der Waals surface area contributed by atoms with Crippen LogP contribution in [0.25, 0.3) is 0 Å². The normalized spacial score (nSPS) is 17.3. The van der Waals surface area contributed by atoms with Gasteiger partial charge in [0.2, 0.25) is 0 Å². The van der Waals surface area contributed by atoms with Crippen molar-refractivity contribution in [2.24, 2.45) is 0 Å². The minimum Gasteiger partial charge on any atom is -0.310 e. The van der Waals surface area contributed by atoms with E-state index in [4.69, 9.17) is 11.6 Å². The molecule has 7 nitrogen and oxygen atoms in total. The molecule has 1 N–H and O–H groups in total. The molecule has 8 heteroatoms. The zero-order valence-corrected chi connectivity index (χ0v) is 14.3. The Balaban J connectivity index is 1.57. The highest BCUT2D eigenvalue weighted by Crippen LogP contribution is 2.38. The van der Waals surface area contributed by atoms with E-state index in [1.54, 1.807) is 6.07 Å². The maximum atomic E-state index is 12.2. The van der Waals surface area contributed by atoms with Gasteiger partial charge in [-0.2, -0.15) is 0 Å². The molecule has 0 amide bonds. The van der Waals surface area contributed by atoms with E-state index in [9.17, 15) is 14.9 Å². The van der Waals surface area contributed by atoms with E-state index in [1.807, 2.05) is 0 Å². The van der Waals surface area contributed by atoms with E-state index in [2.05, 4.69) is 14.9 Å². The molecule has 1 aromatic heterocycles. The Labute approximate surface area is 148 Å². The van der Waals surface area contributed by atoms with Crippen molar-refractivity contribution >= 4 is 17.3 Å². The molecule has 1 saturated carbocycles. The fourth-order valence-electron chi connectivity index (χ4n) is 3.23. The van der Waals surface area contributed by atoms with Gasteiger partial charge in [-0.15, -0.1) is 0 Å². The second-order valence-electron chi connectivity index (χ2n) is 6.64. The van der Waals surface area contributed by atoms with Crippen molar-refractivity contribution in [2.75, 3.05) is 6.54 Å². The molecule has 0 bridgehead atoms. The van der Waals surface area contributed by atoms with Gasteiger partial charge < -0.3 is 4.98 Å². The monoisotopic (exact) mass is 360 g/mol. The third-order valence-corrected chi connectivity index (χ3v) is 5.14. The highest BCUT2D eigenvalue weighted by molar-refractivity contribution is 6.31. The van der Waals surface area contributed by atoms with Gasteiger partial charge in [-0.05, 0) is 30.9 Å². The van der Waals surface area contributed by atoms with Crippen molar-refractivity contribution in [3.8, 4) is 0 Å². The maximum absolute atomic E-state index is 12.2. The molecule has 2 aliphatic rings. The Bertz CT molecular complexity index is 907. The van der Waals surface area contributed by atoms with Crippen LogP contribution in [0.4, 0.5) is 5.69 Å². The number of fused-ring (bicyclic) bond motifs is 1. The number of H-pyrrole nitrogens is 1. The van der Waals surface area contributed by atoms with E-state index in [0.29, 0.717) is 42.6 Å². The summed E-state index contributed by atoms with van der Waals surface area (Å²) in [5.74, 6) is 1.18. The molecule has 0 atom stereocenters. The van der Waals surface area contributed by atoms with Gasteiger partial charge in [-0.1, -0.05) is 11.6 Å². The quantitative estimate of drug-likeness (QED) is 0.668. The molecule has 0 radical (unpaired) electrons. The van der Waals surface area contributed by atoms with Crippen molar-refractivity contribution in [2.45, 2.75) is 38.3 Å².